The van der Waals surface area contributed by atoms with E-state index in [0.29, 0.717) is 28.1 Å². The van der Waals surface area contributed by atoms with Crippen LogP contribution in [-0.4, -0.2) is 81.8 Å². The number of fused-ring (bicyclic) bond motifs is 1. The second-order valence-electron chi connectivity index (χ2n) is 13.9. The van der Waals surface area contributed by atoms with Gasteiger partial charge in [0.05, 0.1) is 24.9 Å². The molecule has 1 aliphatic heterocycles. The molecule has 3 amide bonds. The van der Waals surface area contributed by atoms with E-state index in [0.717, 1.165) is 5.56 Å². The van der Waals surface area contributed by atoms with Crippen molar-refractivity contribution in [3.63, 3.8) is 0 Å². The molecule has 5 rings (SSSR count). The van der Waals surface area contributed by atoms with Crippen LogP contribution in [0.1, 0.15) is 47.5 Å². The first-order valence-corrected chi connectivity index (χ1v) is 16.3. The van der Waals surface area contributed by atoms with Gasteiger partial charge in [-0.1, -0.05) is 50.3 Å². The Morgan fingerprint density at radius 2 is 1.82 bits per heavy atom. The number of hydrogen-bond donors (Lipinski definition) is 3. The number of aromatic nitrogens is 1. The molecule has 2 aromatic carbocycles. The fraction of sp³-hybridized carbons (Fsp3) is 0.432. The number of alkyl carbamates (subject to hydrolysis) is 1. The SMILES string of the molecule is C=CC1CC1(NC(=O)C1CC(Oc2cc(-c3ccccc3)nc3cc(OC)ccc23)CN1C(=O)C(NC(=O)OC(C)(C)C)C(C)C)C(=O)O. The molecule has 5 unspecified atom stereocenters. The number of likely N-dealkylation sites (tertiary alicyclic amines) is 1. The molecular formula is C37H44N4O8. The number of pyridine rings is 1. The number of carbonyl (C=O) groups is 4. The van der Waals surface area contributed by atoms with Crippen LogP contribution in [0, 0.1) is 11.8 Å². The zero-order valence-electron chi connectivity index (χ0n) is 28.7. The minimum atomic E-state index is -1.50. The maximum absolute atomic E-state index is 14.2. The number of hydrogen-bond acceptors (Lipinski definition) is 8. The zero-order chi connectivity index (χ0) is 35.7. The smallest absolute Gasteiger partial charge is 0.408 e. The molecule has 12 heteroatoms. The first-order valence-electron chi connectivity index (χ1n) is 16.3. The van der Waals surface area contributed by atoms with Gasteiger partial charge in [0, 0.05) is 35.4 Å². The maximum atomic E-state index is 14.2. The van der Waals surface area contributed by atoms with Gasteiger partial charge in [0.25, 0.3) is 0 Å². The number of ether oxygens (including phenoxy) is 3. The van der Waals surface area contributed by atoms with Gasteiger partial charge in [0.1, 0.15) is 40.8 Å². The summed E-state index contributed by atoms with van der Waals surface area (Å²) >= 11 is 0. The van der Waals surface area contributed by atoms with Crippen molar-refractivity contribution in [2.75, 3.05) is 13.7 Å². The van der Waals surface area contributed by atoms with E-state index in [9.17, 15) is 24.3 Å². The van der Waals surface area contributed by atoms with Gasteiger partial charge >= 0.3 is 12.1 Å². The minimum Gasteiger partial charge on any atom is -0.497 e. The number of carbonyl (C=O) groups excluding carboxylic acids is 3. The summed E-state index contributed by atoms with van der Waals surface area (Å²) in [6.07, 6.45) is 0.341. The molecule has 3 aromatic rings. The summed E-state index contributed by atoms with van der Waals surface area (Å²) in [6, 6.07) is 14.8. The number of carboxylic acids is 1. The van der Waals surface area contributed by atoms with Crippen molar-refractivity contribution in [1.82, 2.24) is 20.5 Å². The third-order valence-electron chi connectivity index (χ3n) is 8.82. The van der Waals surface area contributed by atoms with Crippen LogP contribution in [0.4, 0.5) is 4.79 Å². The van der Waals surface area contributed by atoms with E-state index in [4.69, 9.17) is 19.2 Å². The lowest BCUT2D eigenvalue weighted by molar-refractivity contribution is -0.146. The molecule has 5 atom stereocenters. The Balaban J connectivity index is 1.49. The average molecular weight is 673 g/mol. The number of carboxylic acid groups (broad SMARTS) is 1. The summed E-state index contributed by atoms with van der Waals surface area (Å²) < 4.78 is 17.5. The number of benzene rings is 2. The van der Waals surface area contributed by atoms with E-state index < -0.39 is 59.1 Å². The number of nitrogens with one attached hydrogen (secondary N) is 2. The van der Waals surface area contributed by atoms with Crippen LogP contribution in [0.15, 0.2) is 67.3 Å². The second kappa shape index (κ2) is 13.8. The molecule has 49 heavy (non-hydrogen) atoms. The van der Waals surface area contributed by atoms with Crippen LogP contribution in [0.3, 0.4) is 0 Å². The Kier molecular flexibility index (Phi) is 9.89. The molecule has 3 N–H and O–H groups in total. The number of rotatable bonds is 11. The quantitative estimate of drug-likeness (QED) is 0.240. The standard InChI is InChI=1S/C37H44N4O8/c1-8-23-19-37(23,34(44)45)40-32(42)29-17-25(20-41(29)33(43)31(21(2)3)39-35(46)49-36(4,5)6)48-30-18-27(22-12-10-9-11-13-22)38-28-16-24(47-7)14-15-26(28)30/h8-16,18,21,23,25,29,31H,1,17,19-20H2,2-7H3,(H,39,46)(H,40,42)(H,44,45). The fourth-order valence-electron chi connectivity index (χ4n) is 6.16. The predicted octanol–water partition coefficient (Wildman–Crippen LogP) is 4.95. The van der Waals surface area contributed by atoms with Crippen molar-refractivity contribution < 1.29 is 38.5 Å². The molecule has 1 saturated carbocycles. The van der Waals surface area contributed by atoms with E-state index in [-0.39, 0.29) is 25.3 Å². The number of aliphatic carboxylic acids is 1. The number of amides is 3. The van der Waals surface area contributed by atoms with Crippen LogP contribution in [0.5, 0.6) is 11.5 Å². The van der Waals surface area contributed by atoms with Gasteiger partial charge in [-0.3, -0.25) is 9.59 Å². The Hall–Kier alpha value is -5.13. The number of methoxy groups -OCH3 is 1. The molecule has 1 aromatic heterocycles. The molecule has 260 valence electrons. The first-order chi connectivity index (χ1) is 23.2. The largest absolute Gasteiger partial charge is 0.497 e. The summed E-state index contributed by atoms with van der Waals surface area (Å²) in [5, 5.41) is 16.1. The van der Waals surface area contributed by atoms with Crippen molar-refractivity contribution in [3.05, 3.63) is 67.3 Å². The molecule has 12 nitrogen and oxygen atoms in total. The van der Waals surface area contributed by atoms with Crippen molar-refractivity contribution in [2.45, 2.75) is 76.8 Å². The Morgan fingerprint density at radius 3 is 2.41 bits per heavy atom. The molecule has 0 bridgehead atoms. The lowest BCUT2D eigenvalue weighted by Crippen LogP contribution is -2.57. The Labute approximate surface area is 285 Å². The molecule has 1 aliphatic carbocycles. The van der Waals surface area contributed by atoms with E-state index in [2.05, 4.69) is 17.2 Å². The van der Waals surface area contributed by atoms with Crippen molar-refractivity contribution in [2.24, 2.45) is 11.8 Å². The maximum Gasteiger partial charge on any atom is 0.408 e. The molecular weight excluding hydrogens is 628 g/mol. The van der Waals surface area contributed by atoms with Crippen LogP contribution in [0.25, 0.3) is 22.2 Å². The first kappa shape index (κ1) is 35.2. The molecule has 0 radical (unpaired) electrons. The van der Waals surface area contributed by atoms with Crippen LogP contribution in [-0.2, 0) is 19.1 Å². The van der Waals surface area contributed by atoms with Crippen LogP contribution < -0.4 is 20.1 Å². The summed E-state index contributed by atoms with van der Waals surface area (Å²) in [4.78, 5) is 59.4. The van der Waals surface area contributed by atoms with Gasteiger partial charge in [-0.05, 0) is 45.2 Å². The summed E-state index contributed by atoms with van der Waals surface area (Å²) in [5.74, 6) is -2.01. The highest BCUT2D eigenvalue weighted by Gasteiger charge is 2.61. The summed E-state index contributed by atoms with van der Waals surface area (Å²) in [5.41, 5.74) is -0.137. The van der Waals surface area contributed by atoms with E-state index in [1.54, 1.807) is 47.8 Å². The van der Waals surface area contributed by atoms with Gasteiger partial charge in [0.15, 0.2) is 0 Å². The topological polar surface area (TPSA) is 156 Å². The molecule has 2 heterocycles. The third-order valence-corrected chi connectivity index (χ3v) is 8.82. The van der Waals surface area contributed by atoms with Crippen molar-refractivity contribution in [3.8, 4) is 22.8 Å². The van der Waals surface area contributed by atoms with E-state index in [1.807, 2.05) is 48.5 Å². The predicted molar refractivity (Wildman–Crippen MR) is 183 cm³/mol. The number of nitrogens with zero attached hydrogens (tertiary/aromatic N) is 2. The Morgan fingerprint density at radius 1 is 1.10 bits per heavy atom. The lowest BCUT2D eigenvalue weighted by Gasteiger charge is -2.31. The van der Waals surface area contributed by atoms with Gasteiger partial charge in [0.2, 0.25) is 11.8 Å². The van der Waals surface area contributed by atoms with E-state index >= 15 is 0 Å². The molecule has 2 aliphatic rings. The summed E-state index contributed by atoms with van der Waals surface area (Å²) in [6.45, 7) is 12.4. The molecule has 1 saturated heterocycles. The lowest BCUT2D eigenvalue weighted by atomic mass is 10.0. The van der Waals surface area contributed by atoms with Crippen molar-refractivity contribution >= 4 is 34.8 Å². The highest BCUT2D eigenvalue weighted by atomic mass is 16.6. The second-order valence-corrected chi connectivity index (χ2v) is 13.9. The van der Waals surface area contributed by atoms with Crippen LogP contribution in [0.2, 0.25) is 0 Å². The highest BCUT2D eigenvalue weighted by molar-refractivity contribution is 5.96. The monoisotopic (exact) mass is 672 g/mol. The zero-order valence-corrected chi connectivity index (χ0v) is 28.7. The minimum absolute atomic E-state index is 0.00172. The average Bonchev–Trinajstić information content (AvgIpc) is 3.61. The normalized spacial score (nSPS) is 22.3. The van der Waals surface area contributed by atoms with Gasteiger partial charge in [-0.15, -0.1) is 6.58 Å². The van der Waals surface area contributed by atoms with Gasteiger partial charge < -0.3 is 34.9 Å². The van der Waals surface area contributed by atoms with Crippen LogP contribution >= 0.6 is 0 Å². The van der Waals surface area contributed by atoms with Crippen molar-refractivity contribution in [1.29, 1.82) is 0 Å². The third kappa shape index (κ3) is 7.63. The van der Waals surface area contributed by atoms with E-state index in [1.165, 1.54) is 11.0 Å². The summed E-state index contributed by atoms with van der Waals surface area (Å²) in [7, 11) is 1.57. The molecule has 2 fully saturated rings. The Bertz CT molecular complexity index is 1750. The van der Waals surface area contributed by atoms with Gasteiger partial charge in [-0.25, -0.2) is 14.6 Å². The fourth-order valence-corrected chi connectivity index (χ4v) is 6.16. The van der Waals surface area contributed by atoms with Gasteiger partial charge in [-0.2, -0.15) is 0 Å². The highest BCUT2D eigenvalue weighted by Crippen LogP contribution is 2.45. The molecule has 0 spiro atoms.